The van der Waals surface area contributed by atoms with Crippen LogP contribution in [0.5, 0.6) is 0 Å². The van der Waals surface area contributed by atoms with E-state index in [0.29, 0.717) is 0 Å². The molecular weight excluding hydrogens is 306 g/mol. The number of para-hydroxylation sites is 1. The molecule has 25 heavy (non-hydrogen) atoms. The summed E-state index contributed by atoms with van der Waals surface area (Å²) in [6.07, 6.45) is 4.23. The average Bonchev–Trinajstić information content (AvgIpc) is 2.68. The molecular formula is C22H23N3. The third kappa shape index (κ3) is 3.03. The number of nitrogens with two attached hydrogens (primary N) is 1. The largest absolute Gasteiger partial charge is 0.326 e. The van der Waals surface area contributed by atoms with Gasteiger partial charge in [0.2, 0.25) is 0 Å². The van der Waals surface area contributed by atoms with E-state index in [0.717, 1.165) is 36.3 Å². The molecule has 0 aliphatic carbocycles. The molecule has 1 aliphatic heterocycles. The predicted octanol–water partition coefficient (Wildman–Crippen LogP) is 4.52. The smallest absolute Gasteiger partial charge is 0.135 e. The monoisotopic (exact) mass is 329 g/mol. The molecule has 0 saturated carbocycles. The molecule has 3 heteroatoms. The Labute approximate surface area is 149 Å². The number of hydrogen-bond donors (Lipinski definition) is 1. The van der Waals surface area contributed by atoms with Gasteiger partial charge >= 0.3 is 0 Å². The lowest BCUT2D eigenvalue weighted by atomic mass is 9.99. The highest BCUT2D eigenvalue weighted by molar-refractivity contribution is 5.67. The highest BCUT2D eigenvalue weighted by atomic mass is 15.2. The van der Waals surface area contributed by atoms with Gasteiger partial charge in [0, 0.05) is 18.4 Å². The molecule has 0 radical (unpaired) electrons. The van der Waals surface area contributed by atoms with Crippen LogP contribution in [0, 0.1) is 6.92 Å². The average molecular weight is 329 g/mol. The van der Waals surface area contributed by atoms with Gasteiger partial charge in [0.15, 0.2) is 0 Å². The second-order valence-electron chi connectivity index (χ2n) is 6.68. The summed E-state index contributed by atoms with van der Waals surface area (Å²) >= 11 is 0. The Hall–Kier alpha value is -2.65. The maximum Gasteiger partial charge on any atom is 0.135 e. The van der Waals surface area contributed by atoms with Gasteiger partial charge in [0.25, 0.3) is 0 Å². The van der Waals surface area contributed by atoms with Gasteiger partial charge in [-0.05, 0) is 54.2 Å². The molecule has 3 nitrogen and oxygen atoms in total. The van der Waals surface area contributed by atoms with Crippen molar-refractivity contribution in [2.24, 2.45) is 5.73 Å². The van der Waals surface area contributed by atoms with Gasteiger partial charge in [-0.2, -0.15) is 0 Å². The second-order valence-corrected chi connectivity index (χ2v) is 6.68. The van der Waals surface area contributed by atoms with Crippen molar-refractivity contribution in [2.45, 2.75) is 25.8 Å². The van der Waals surface area contributed by atoms with E-state index in [2.05, 4.69) is 54.3 Å². The van der Waals surface area contributed by atoms with Crippen LogP contribution in [0.25, 0.3) is 0 Å². The van der Waals surface area contributed by atoms with Crippen molar-refractivity contribution in [1.82, 2.24) is 4.98 Å². The minimum Gasteiger partial charge on any atom is -0.326 e. The zero-order chi connectivity index (χ0) is 17.2. The van der Waals surface area contributed by atoms with Crippen molar-refractivity contribution >= 4 is 11.5 Å². The van der Waals surface area contributed by atoms with Crippen LogP contribution in [-0.4, -0.2) is 11.5 Å². The van der Waals surface area contributed by atoms with Crippen LogP contribution in [0.1, 0.15) is 34.7 Å². The maximum absolute atomic E-state index is 6.44. The van der Waals surface area contributed by atoms with E-state index in [9.17, 15) is 0 Å². The van der Waals surface area contributed by atoms with Gasteiger partial charge in [-0.1, -0.05) is 48.5 Å². The number of aryl methyl sites for hydroxylation is 2. The predicted molar refractivity (Wildman–Crippen MR) is 103 cm³/mol. The Morgan fingerprint density at radius 3 is 2.56 bits per heavy atom. The van der Waals surface area contributed by atoms with Crippen LogP contribution in [0.2, 0.25) is 0 Å². The standard InChI is InChI=1S/C22H23N3/c1-16-14-19(21(23)18-9-3-2-4-10-18)15-24-22(16)25-13-7-11-17-8-5-6-12-20(17)25/h2-6,8-10,12,14-15,21H,7,11,13,23H2,1H3/t21-/m0/s1. The van der Waals surface area contributed by atoms with Crippen LogP contribution < -0.4 is 10.6 Å². The molecule has 0 saturated heterocycles. The summed E-state index contributed by atoms with van der Waals surface area (Å²) < 4.78 is 0. The SMILES string of the molecule is Cc1cc([C@@H](N)c2ccccc2)cnc1N1CCCc2ccccc21. The van der Waals surface area contributed by atoms with Gasteiger partial charge in [0.1, 0.15) is 5.82 Å². The van der Waals surface area contributed by atoms with Gasteiger partial charge in [-0.3, -0.25) is 0 Å². The van der Waals surface area contributed by atoms with E-state index in [1.54, 1.807) is 0 Å². The number of nitrogens with zero attached hydrogens (tertiary/aromatic N) is 2. The summed E-state index contributed by atoms with van der Waals surface area (Å²) in [6, 6.07) is 20.8. The first kappa shape index (κ1) is 15.9. The van der Waals surface area contributed by atoms with Crippen molar-refractivity contribution < 1.29 is 0 Å². The van der Waals surface area contributed by atoms with E-state index in [4.69, 9.17) is 10.7 Å². The number of anilines is 2. The molecule has 3 aromatic rings. The molecule has 2 aromatic carbocycles. The molecule has 2 heterocycles. The Balaban J connectivity index is 1.68. The normalized spacial score (nSPS) is 14.9. The molecule has 0 unspecified atom stereocenters. The number of pyridine rings is 1. The van der Waals surface area contributed by atoms with E-state index >= 15 is 0 Å². The highest BCUT2D eigenvalue weighted by Crippen LogP contribution is 2.34. The quantitative estimate of drug-likeness (QED) is 0.768. The summed E-state index contributed by atoms with van der Waals surface area (Å²) in [5.41, 5.74) is 12.5. The minimum absolute atomic E-state index is 0.143. The zero-order valence-corrected chi connectivity index (χ0v) is 14.5. The van der Waals surface area contributed by atoms with Crippen molar-refractivity contribution in [2.75, 3.05) is 11.4 Å². The first-order chi connectivity index (χ1) is 12.2. The van der Waals surface area contributed by atoms with E-state index in [-0.39, 0.29) is 6.04 Å². The van der Waals surface area contributed by atoms with Crippen LogP contribution in [-0.2, 0) is 6.42 Å². The van der Waals surface area contributed by atoms with E-state index < -0.39 is 0 Å². The second kappa shape index (κ2) is 6.69. The fourth-order valence-corrected chi connectivity index (χ4v) is 3.65. The number of aromatic nitrogens is 1. The molecule has 4 rings (SSSR count). The fourth-order valence-electron chi connectivity index (χ4n) is 3.65. The summed E-state index contributed by atoms with van der Waals surface area (Å²) in [7, 11) is 0. The summed E-state index contributed by atoms with van der Waals surface area (Å²) in [4.78, 5) is 7.13. The topological polar surface area (TPSA) is 42.1 Å². The van der Waals surface area contributed by atoms with Crippen LogP contribution in [0.3, 0.4) is 0 Å². The third-order valence-corrected chi connectivity index (χ3v) is 4.96. The lowest BCUT2D eigenvalue weighted by Crippen LogP contribution is -2.26. The summed E-state index contributed by atoms with van der Waals surface area (Å²) in [5.74, 6) is 1.04. The molecule has 1 atom stereocenters. The van der Waals surface area contributed by atoms with E-state index in [1.165, 1.54) is 16.8 Å². The lowest BCUT2D eigenvalue weighted by molar-refractivity contribution is 0.756. The first-order valence-corrected chi connectivity index (χ1v) is 8.86. The Kier molecular flexibility index (Phi) is 4.24. The van der Waals surface area contributed by atoms with Gasteiger partial charge in [-0.15, -0.1) is 0 Å². The maximum atomic E-state index is 6.44. The molecule has 0 amide bonds. The number of benzene rings is 2. The van der Waals surface area contributed by atoms with E-state index in [1.807, 2.05) is 24.4 Å². The fraction of sp³-hybridized carbons (Fsp3) is 0.227. The van der Waals surface area contributed by atoms with Crippen LogP contribution in [0.4, 0.5) is 11.5 Å². The minimum atomic E-state index is -0.143. The van der Waals surface area contributed by atoms with Gasteiger partial charge in [0.05, 0.1) is 6.04 Å². The van der Waals surface area contributed by atoms with Gasteiger partial charge in [-0.25, -0.2) is 4.98 Å². The summed E-state index contributed by atoms with van der Waals surface area (Å²) in [6.45, 7) is 3.13. The molecule has 0 spiro atoms. The molecule has 0 fully saturated rings. The first-order valence-electron chi connectivity index (χ1n) is 8.86. The highest BCUT2D eigenvalue weighted by Gasteiger charge is 2.21. The Morgan fingerprint density at radius 2 is 1.76 bits per heavy atom. The number of fused-ring (bicyclic) bond motifs is 1. The van der Waals surface area contributed by atoms with Crippen LogP contribution >= 0.6 is 0 Å². The molecule has 1 aromatic heterocycles. The Morgan fingerprint density at radius 1 is 1.00 bits per heavy atom. The number of rotatable bonds is 3. The third-order valence-electron chi connectivity index (χ3n) is 4.96. The molecule has 1 aliphatic rings. The lowest BCUT2D eigenvalue weighted by Gasteiger charge is -2.31. The van der Waals surface area contributed by atoms with Crippen molar-refractivity contribution in [3.05, 3.63) is 89.1 Å². The molecule has 2 N–H and O–H groups in total. The zero-order valence-electron chi connectivity index (χ0n) is 14.5. The molecule has 0 bridgehead atoms. The molecule has 126 valence electrons. The van der Waals surface area contributed by atoms with Crippen molar-refractivity contribution in [3.63, 3.8) is 0 Å². The van der Waals surface area contributed by atoms with Crippen LogP contribution in [0.15, 0.2) is 66.9 Å². The number of hydrogen-bond acceptors (Lipinski definition) is 3. The van der Waals surface area contributed by atoms with Crippen molar-refractivity contribution in [3.8, 4) is 0 Å². The summed E-state index contributed by atoms with van der Waals surface area (Å²) in [5, 5.41) is 0. The van der Waals surface area contributed by atoms with Gasteiger partial charge < -0.3 is 10.6 Å². The van der Waals surface area contributed by atoms with Crippen molar-refractivity contribution in [1.29, 1.82) is 0 Å². The Bertz CT molecular complexity index is 873.